The van der Waals surface area contributed by atoms with Crippen molar-refractivity contribution in [3.63, 3.8) is 0 Å². The summed E-state index contributed by atoms with van der Waals surface area (Å²) in [5.41, 5.74) is 7.58. The fraction of sp³-hybridized carbons (Fsp3) is 0.182. The molecule has 0 spiro atoms. The summed E-state index contributed by atoms with van der Waals surface area (Å²) in [5.74, 6) is 0. The predicted octanol–water partition coefficient (Wildman–Crippen LogP) is 2.49. The summed E-state index contributed by atoms with van der Waals surface area (Å²) in [6, 6.07) is 6.98. The SMILES string of the molecule is Nc1c(NCC(F)F)ccc2ncccc12. The van der Waals surface area contributed by atoms with Gasteiger partial charge in [-0.3, -0.25) is 4.98 Å². The van der Waals surface area contributed by atoms with Crippen LogP contribution in [0.4, 0.5) is 20.2 Å². The maximum Gasteiger partial charge on any atom is 0.255 e. The van der Waals surface area contributed by atoms with Crippen LogP contribution >= 0.6 is 0 Å². The smallest absolute Gasteiger partial charge is 0.255 e. The van der Waals surface area contributed by atoms with Gasteiger partial charge in [-0.15, -0.1) is 0 Å². The Hall–Kier alpha value is -1.91. The number of nitrogens with zero attached hydrogens (tertiary/aromatic N) is 1. The van der Waals surface area contributed by atoms with Crippen LogP contribution in [0.2, 0.25) is 0 Å². The number of fused-ring (bicyclic) bond motifs is 1. The van der Waals surface area contributed by atoms with E-state index >= 15 is 0 Å². The van der Waals surface area contributed by atoms with Gasteiger partial charge < -0.3 is 11.1 Å². The minimum atomic E-state index is -2.40. The maximum atomic E-state index is 12.1. The van der Waals surface area contributed by atoms with Gasteiger partial charge >= 0.3 is 0 Å². The fourth-order valence-electron chi connectivity index (χ4n) is 1.52. The molecule has 2 rings (SSSR count). The molecular weight excluding hydrogens is 212 g/mol. The second kappa shape index (κ2) is 4.30. The molecule has 0 aliphatic heterocycles. The molecule has 1 heterocycles. The third-order valence-corrected chi connectivity index (χ3v) is 2.27. The normalized spacial score (nSPS) is 10.9. The van der Waals surface area contributed by atoms with Gasteiger partial charge in [0.15, 0.2) is 0 Å². The first-order valence-corrected chi connectivity index (χ1v) is 4.83. The quantitative estimate of drug-likeness (QED) is 0.786. The van der Waals surface area contributed by atoms with Crippen molar-refractivity contribution in [2.24, 2.45) is 0 Å². The molecule has 1 aromatic heterocycles. The molecule has 0 atom stereocenters. The van der Waals surface area contributed by atoms with Crippen LogP contribution < -0.4 is 11.1 Å². The van der Waals surface area contributed by atoms with Crippen LogP contribution in [0, 0.1) is 0 Å². The summed E-state index contributed by atoms with van der Waals surface area (Å²) in [5, 5.41) is 3.37. The monoisotopic (exact) mass is 223 g/mol. The van der Waals surface area contributed by atoms with Crippen molar-refractivity contribution in [1.29, 1.82) is 0 Å². The lowest BCUT2D eigenvalue weighted by molar-refractivity contribution is 0.163. The number of hydrogen-bond donors (Lipinski definition) is 2. The molecule has 0 bridgehead atoms. The molecule has 2 aromatic rings. The van der Waals surface area contributed by atoms with Crippen molar-refractivity contribution >= 4 is 22.3 Å². The maximum absolute atomic E-state index is 12.1. The number of nitrogen functional groups attached to an aromatic ring is 1. The summed E-state index contributed by atoms with van der Waals surface area (Å²) in [6.07, 6.45) is -0.738. The average molecular weight is 223 g/mol. The molecule has 0 radical (unpaired) electrons. The first kappa shape index (κ1) is 10.6. The zero-order valence-corrected chi connectivity index (χ0v) is 8.45. The van der Waals surface area contributed by atoms with Crippen molar-refractivity contribution in [3.8, 4) is 0 Å². The van der Waals surface area contributed by atoms with E-state index in [9.17, 15) is 8.78 Å². The van der Waals surface area contributed by atoms with Gasteiger partial charge in [0.1, 0.15) is 0 Å². The Kier molecular flexibility index (Phi) is 2.85. The number of benzene rings is 1. The average Bonchev–Trinajstić information content (AvgIpc) is 2.28. The Balaban J connectivity index is 2.37. The molecule has 0 amide bonds. The van der Waals surface area contributed by atoms with E-state index in [0.29, 0.717) is 11.4 Å². The Morgan fingerprint density at radius 2 is 2.12 bits per heavy atom. The highest BCUT2D eigenvalue weighted by molar-refractivity contribution is 5.96. The lowest BCUT2D eigenvalue weighted by Crippen LogP contribution is -2.11. The van der Waals surface area contributed by atoms with Gasteiger partial charge in [-0.2, -0.15) is 0 Å². The summed E-state index contributed by atoms with van der Waals surface area (Å²) in [6.45, 7) is -0.407. The Morgan fingerprint density at radius 1 is 1.31 bits per heavy atom. The van der Waals surface area contributed by atoms with E-state index in [1.807, 2.05) is 6.07 Å². The topological polar surface area (TPSA) is 50.9 Å². The van der Waals surface area contributed by atoms with Gasteiger partial charge in [-0.1, -0.05) is 0 Å². The molecular formula is C11H11F2N3. The number of hydrogen-bond acceptors (Lipinski definition) is 3. The first-order chi connectivity index (χ1) is 7.68. The van der Waals surface area contributed by atoms with Crippen molar-refractivity contribution < 1.29 is 8.78 Å². The number of pyridine rings is 1. The first-order valence-electron chi connectivity index (χ1n) is 4.83. The Morgan fingerprint density at radius 3 is 2.88 bits per heavy atom. The van der Waals surface area contributed by atoms with Crippen molar-refractivity contribution in [2.75, 3.05) is 17.6 Å². The van der Waals surface area contributed by atoms with E-state index in [1.54, 1.807) is 24.4 Å². The minimum Gasteiger partial charge on any atom is -0.397 e. The zero-order chi connectivity index (χ0) is 11.5. The summed E-state index contributed by atoms with van der Waals surface area (Å²) >= 11 is 0. The number of alkyl halides is 2. The van der Waals surface area contributed by atoms with Gasteiger partial charge in [0.25, 0.3) is 6.43 Å². The third kappa shape index (κ3) is 2.03. The molecule has 0 aliphatic rings. The lowest BCUT2D eigenvalue weighted by Gasteiger charge is -2.10. The van der Waals surface area contributed by atoms with E-state index in [0.717, 1.165) is 10.9 Å². The molecule has 0 saturated heterocycles. The van der Waals surface area contributed by atoms with Crippen LogP contribution in [-0.4, -0.2) is 18.0 Å². The zero-order valence-electron chi connectivity index (χ0n) is 8.45. The highest BCUT2D eigenvalue weighted by atomic mass is 19.3. The van der Waals surface area contributed by atoms with Gasteiger partial charge in [0.05, 0.1) is 23.4 Å². The van der Waals surface area contributed by atoms with Gasteiger partial charge in [0, 0.05) is 11.6 Å². The van der Waals surface area contributed by atoms with E-state index in [4.69, 9.17) is 5.73 Å². The molecule has 0 unspecified atom stereocenters. The number of nitrogens with two attached hydrogens (primary N) is 1. The van der Waals surface area contributed by atoms with E-state index in [1.165, 1.54) is 0 Å². The van der Waals surface area contributed by atoms with Crippen LogP contribution in [0.5, 0.6) is 0 Å². The fourth-order valence-corrected chi connectivity index (χ4v) is 1.52. The number of halogens is 2. The van der Waals surface area contributed by atoms with Crippen LogP contribution in [0.25, 0.3) is 10.9 Å². The number of nitrogens with one attached hydrogen (secondary N) is 1. The highest BCUT2D eigenvalue weighted by Gasteiger charge is 2.07. The molecule has 84 valence electrons. The summed E-state index contributed by atoms with van der Waals surface area (Å²) in [7, 11) is 0. The second-order valence-electron chi connectivity index (χ2n) is 3.37. The molecule has 3 N–H and O–H groups in total. The largest absolute Gasteiger partial charge is 0.397 e. The van der Waals surface area contributed by atoms with E-state index in [-0.39, 0.29) is 0 Å². The Bertz CT molecular complexity index is 500. The van der Waals surface area contributed by atoms with Crippen molar-refractivity contribution in [2.45, 2.75) is 6.43 Å². The second-order valence-corrected chi connectivity index (χ2v) is 3.37. The summed E-state index contributed by atoms with van der Waals surface area (Å²) < 4.78 is 24.1. The molecule has 5 heteroatoms. The molecule has 1 aromatic carbocycles. The number of rotatable bonds is 3. The van der Waals surface area contributed by atoms with Gasteiger partial charge in [0.2, 0.25) is 0 Å². The van der Waals surface area contributed by atoms with Crippen LogP contribution in [0.3, 0.4) is 0 Å². The van der Waals surface area contributed by atoms with Gasteiger partial charge in [-0.05, 0) is 24.3 Å². The number of anilines is 2. The molecule has 0 fully saturated rings. The van der Waals surface area contributed by atoms with Gasteiger partial charge in [-0.25, -0.2) is 8.78 Å². The highest BCUT2D eigenvalue weighted by Crippen LogP contribution is 2.27. The summed E-state index contributed by atoms with van der Waals surface area (Å²) in [4.78, 5) is 4.12. The molecule has 3 nitrogen and oxygen atoms in total. The molecule has 16 heavy (non-hydrogen) atoms. The van der Waals surface area contributed by atoms with Crippen LogP contribution in [0.1, 0.15) is 0 Å². The van der Waals surface area contributed by atoms with Crippen LogP contribution in [0.15, 0.2) is 30.5 Å². The minimum absolute atomic E-state index is 0.407. The predicted molar refractivity (Wildman–Crippen MR) is 60.6 cm³/mol. The number of aromatic nitrogens is 1. The standard InChI is InChI=1S/C11H11F2N3/c12-10(13)6-16-9-4-3-8-7(11(9)14)2-1-5-15-8/h1-5,10,16H,6,14H2. The van der Waals surface area contributed by atoms with Crippen molar-refractivity contribution in [3.05, 3.63) is 30.5 Å². The van der Waals surface area contributed by atoms with Crippen LogP contribution in [-0.2, 0) is 0 Å². The third-order valence-electron chi connectivity index (χ3n) is 2.27. The van der Waals surface area contributed by atoms with Crippen molar-refractivity contribution in [1.82, 2.24) is 4.98 Å². The van der Waals surface area contributed by atoms with E-state index < -0.39 is 13.0 Å². The molecule has 0 saturated carbocycles. The molecule has 0 aliphatic carbocycles. The van der Waals surface area contributed by atoms with E-state index in [2.05, 4.69) is 10.3 Å². The Labute approximate surface area is 91.3 Å². The lowest BCUT2D eigenvalue weighted by atomic mass is 10.1.